The quantitative estimate of drug-likeness (QED) is 0.729. The molecular formula is C14H18O2. The van der Waals surface area contributed by atoms with E-state index in [0.29, 0.717) is 12.5 Å². The monoisotopic (exact) mass is 218 g/mol. The van der Waals surface area contributed by atoms with E-state index in [0.717, 1.165) is 12.0 Å². The van der Waals surface area contributed by atoms with Gasteiger partial charge in [-0.3, -0.25) is 4.79 Å². The van der Waals surface area contributed by atoms with Gasteiger partial charge in [-0.15, -0.1) is 0 Å². The summed E-state index contributed by atoms with van der Waals surface area (Å²) in [7, 11) is 0. The summed E-state index contributed by atoms with van der Waals surface area (Å²) in [4.78, 5) is 12.3. The summed E-state index contributed by atoms with van der Waals surface area (Å²) in [6.07, 6.45) is 0.948. The van der Waals surface area contributed by atoms with Crippen LogP contribution in [0.1, 0.15) is 30.6 Å². The number of benzene rings is 1. The van der Waals surface area contributed by atoms with Crippen molar-refractivity contribution in [1.29, 1.82) is 0 Å². The maximum Gasteiger partial charge on any atom is 0.168 e. The van der Waals surface area contributed by atoms with E-state index in [9.17, 15) is 4.79 Å². The van der Waals surface area contributed by atoms with Crippen molar-refractivity contribution in [3.8, 4) is 0 Å². The Morgan fingerprint density at radius 1 is 1.31 bits per heavy atom. The molecule has 1 aliphatic rings. The molecule has 86 valence electrons. The highest BCUT2D eigenvalue weighted by Crippen LogP contribution is 2.29. The van der Waals surface area contributed by atoms with E-state index in [2.05, 4.69) is 13.8 Å². The minimum Gasteiger partial charge on any atom is -0.377 e. The van der Waals surface area contributed by atoms with Gasteiger partial charge in [0.15, 0.2) is 5.78 Å². The molecule has 1 aromatic rings. The van der Waals surface area contributed by atoms with Crippen molar-refractivity contribution in [2.45, 2.75) is 26.4 Å². The molecule has 1 aromatic carbocycles. The summed E-state index contributed by atoms with van der Waals surface area (Å²) in [6, 6.07) is 9.53. The van der Waals surface area contributed by atoms with Crippen molar-refractivity contribution >= 4 is 5.78 Å². The lowest BCUT2D eigenvalue weighted by Gasteiger charge is -2.20. The molecule has 1 fully saturated rings. The van der Waals surface area contributed by atoms with Crippen LogP contribution in [-0.2, 0) is 4.74 Å². The van der Waals surface area contributed by atoms with E-state index in [-0.39, 0.29) is 17.8 Å². The van der Waals surface area contributed by atoms with Crippen LogP contribution in [0.25, 0.3) is 0 Å². The summed E-state index contributed by atoms with van der Waals surface area (Å²) < 4.78 is 5.65. The van der Waals surface area contributed by atoms with Crippen molar-refractivity contribution in [1.82, 2.24) is 0 Å². The van der Waals surface area contributed by atoms with E-state index in [1.807, 2.05) is 30.3 Å². The van der Waals surface area contributed by atoms with Gasteiger partial charge in [-0.25, -0.2) is 0 Å². The first-order valence-corrected chi connectivity index (χ1v) is 5.91. The van der Waals surface area contributed by atoms with Crippen molar-refractivity contribution in [2.75, 3.05) is 6.61 Å². The lowest BCUT2D eigenvalue weighted by Crippen LogP contribution is -2.28. The van der Waals surface area contributed by atoms with Crippen molar-refractivity contribution < 1.29 is 9.53 Å². The maximum absolute atomic E-state index is 12.3. The average molecular weight is 218 g/mol. The number of carbonyl (C=O) groups excluding carboxylic acids is 1. The zero-order valence-corrected chi connectivity index (χ0v) is 9.85. The summed E-state index contributed by atoms with van der Waals surface area (Å²) in [5, 5.41) is 0. The first kappa shape index (κ1) is 11.3. The lowest BCUT2D eigenvalue weighted by atomic mass is 9.87. The Labute approximate surface area is 96.6 Å². The van der Waals surface area contributed by atoms with Gasteiger partial charge >= 0.3 is 0 Å². The van der Waals surface area contributed by atoms with Gasteiger partial charge in [-0.1, -0.05) is 44.2 Å². The van der Waals surface area contributed by atoms with Crippen LogP contribution in [-0.4, -0.2) is 18.5 Å². The van der Waals surface area contributed by atoms with Gasteiger partial charge in [-0.2, -0.15) is 0 Å². The number of hydrogen-bond donors (Lipinski definition) is 0. The molecule has 0 N–H and O–H groups in total. The third-order valence-corrected chi connectivity index (χ3v) is 3.19. The zero-order valence-electron chi connectivity index (χ0n) is 9.85. The topological polar surface area (TPSA) is 26.3 Å². The van der Waals surface area contributed by atoms with Gasteiger partial charge in [0.1, 0.15) is 0 Å². The lowest BCUT2D eigenvalue weighted by molar-refractivity contribution is 0.0482. The normalized spacial score (nSPS) is 24.9. The Kier molecular flexibility index (Phi) is 3.39. The third-order valence-electron chi connectivity index (χ3n) is 3.19. The van der Waals surface area contributed by atoms with Crippen molar-refractivity contribution in [3.63, 3.8) is 0 Å². The van der Waals surface area contributed by atoms with E-state index >= 15 is 0 Å². The fourth-order valence-electron chi connectivity index (χ4n) is 2.37. The molecular weight excluding hydrogens is 200 g/mol. The number of ketones is 1. The molecule has 1 saturated heterocycles. The fraction of sp³-hybridized carbons (Fsp3) is 0.500. The molecule has 0 saturated carbocycles. The van der Waals surface area contributed by atoms with E-state index in [4.69, 9.17) is 4.74 Å². The van der Waals surface area contributed by atoms with Crippen LogP contribution in [0.2, 0.25) is 0 Å². The van der Waals surface area contributed by atoms with Crippen molar-refractivity contribution in [3.05, 3.63) is 35.9 Å². The van der Waals surface area contributed by atoms with Crippen LogP contribution in [0, 0.1) is 11.8 Å². The van der Waals surface area contributed by atoms with Gasteiger partial charge in [0, 0.05) is 12.2 Å². The van der Waals surface area contributed by atoms with Gasteiger partial charge < -0.3 is 4.74 Å². The molecule has 2 atom stereocenters. The molecule has 0 radical (unpaired) electrons. The average Bonchev–Trinajstić information content (AvgIpc) is 2.78. The predicted octanol–water partition coefficient (Wildman–Crippen LogP) is 2.93. The van der Waals surface area contributed by atoms with Crippen LogP contribution in [0.15, 0.2) is 30.3 Å². The van der Waals surface area contributed by atoms with Gasteiger partial charge in [0.25, 0.3) is 0 Å². The SMILES string of the molecule is CC(C)[C@@H]1OCC[C@H]1C(=O)c1ccccc1. The highest BCUT2D eigenvalue weighted by Gasteiger charge is 2.36. The van der Waals surface area contributed by atoms with Gasteiger partial charge in [0.05, 0.1) is 12.0 Å². The van der Waals surface area contributed by atoms with E-state index < -0.39 is 0 Å². The van der Waals surface area contributed by atoms with E-state index in [1.165, 1.54) is 0 Å². The van der Waals surface area contributed by atoms with Crippen LogP contribution in [0.5, 0.6) is 0 Å². The molecule has 0 aromatic heterocycles. The number of Topliss-reactive ketones (excluding diaryl/α,β-unsaturated/α-hetero) is 1. The Morgan fingerprint density at radius 3 is 2.62 bits per heavy atom. The van der Waals surface area contributed by atoms with E-state index in [1.54, 1.807) is 0 Å². The number of rotatable bonds is 3. The summed E-state index contributed by atoms with van der Waals surface area (Å²) in [5.74, 6) is 0.680. The van der Waals surface area contributed by atoms with Crippen LogP contribution >= 0.6 is 0 Å². The van der Waals surface area contributed by atoms with Crippen molar-refractivity contribution in [2.24, 2.45) is 11.8 Å². The summed E-state index contributed by atoms with van der Waals surface area (Å²) in [6.45, 7) is 4.94. The molecule has 0 aliphatic carbocycles. The highest BCUT2D eigenvalue weighted by molar-refractivity contribution is 5.98. The van der Waals surface area contributed by atoms with Crippen LogP contribution < -0.4 is 0 Å². The Bertz CT molecular complexity index is 356. The first-order chi connectivity index (χ1) is 7.70. The third kappa shape index (κ3) is 2.17. The molecule has 2 heteroatoms. The second-order valence-electron chi connectivity index (χ2n) is 4.70. The Morgan fingerprint density at radius 2 is 2.00 bits per heavy atom. The van der Waals surface area contributed by atoms with Crippen LogP contribution in [0.3, 0.4) is 0 Å². The second kappa shape index (κ2) is 4.79. The molecule has 16 heavy (non-hydrogen) atoms. The molecule has 0 spiro atoms. The molecule has 1 aliphatic heterocycles. The summed E-state index contributed by atoms with van der Waals surface area (Å²) in [5.41, 5.74) is 0.809. The number of carbonyl (C=O) groups is 1. The maximum atomic E-state index is 12.3. The molecule has 2 nitrogen and oxygen atoms in total. The zero-order chi connectivity index (χ0) is 11.5. The Balaban J connectivity index is 2.16. The minimum atomic E-state index is 0.0439. The first-order valence-electron chi connectivity index (χ1n) is 5.91. The minimum absolute atomic E-state index is 0.0439. The highest BCUT2D eigenvalue weighted by atomic mass is 16.5. The predicted molar refractivity (Wildman–Crippen MR) is 63.5 cm³/mol. The molecule has 0 unspecified atom stereocenters. The number of ether oxygens (including phenoxy) is 1. The standard InChI is InChI=1S/C14H18O2/c1-10(2)14-12(8-9-16-14)13(15)11-6-4-3-5-7-11/h3-7,10,12,14H,8-9H2,1-2H3/t12-,14-/m0/s1. The molecule has 2 rings (SSSR count). The molecule has 0 amide bonds. The van der Waals surface area contributed by atoms with Gasteiger partial charge in [-0.05, 0) is 12.3 Å². The van der Waals surface area contributed by atoms with Crippen LogP contribution in [0.4, 0.5) is 0 Å². The molecule has 0 bridgehead atoms. The smallest absolute Gasteiger partial charge is 0.168 e. The molecule has 1 heterocycles. The Hall–Kier alpha value is -1.15. The second-order valence-corrected chi connectivity index (χ2v) is 4.70. The largest absolute Gasteiger partial charge is 0.377 e. The number of hydrogen-bond acceptors (Lipinski definition) is 2. The fourth-order valence-corrected chi connectivity index (χ4v) is 2.37. The summed E-state index contributed by atoms with van der Waals surface area (Å²) >= 11 is 0. The van der Waals surface area contributed by atoms with Gasteiger partial charge in [0.2, 0.25) is 0 Å².